The second-order valence-electron chi connectivity index (χ2n) is 4.22. The highest BCUT2D eigenvalue weighted by atomic mass is 35.5. The third-order valence-electron chi connectivity index (χ3n) is 2.89. The minimum atomic E-state index is -0.0197. The molecule has 0 saturated heterocycles. The third kappa shape index (κ3) is 5.59. The molecule has 2 N–H and O–H groups in total. The molecule has 0 atom stereocenters. The number of amides is 1. The van der Waals surface area contributed by atoms with Gasteiger partial charge in [-0.3, -0.25) is 9.48 Å². The molecule has 7 heteroatoms. The number of aryl methyl sites for hydroxylation is 2. The number of hydrogen-bond acceptors (Lipinski definition) is 4. The van der Waals surface area contributed by atoms with Crippen LogP contribution in [0.4, 0.5) is 0 Å². The molecule has 110 valence electrons. The fourth-order valence-corrected chi connectivity index (χ4v) is 1.70. The maximum atomic E-state index is 11.6. The first-order valence-corrected chi connectivity index (χ1v) is 6.01. The predicted octanol–water partition coefficient (Wildman–Crippen LogP) is 0.311. The van der Waals surface area contributed by atoms with Crippen molar-refractivity contribution < 1.29 is 9.53 Å². The number of nitrogens with zero attached hydrogens (tertiary/aromatic N) is 2. The lowest BCUT2D eigenvalue weighted by molar-refractivity contribution is -0.120. The summed E-state index contributed by atoms with van der Waals surface area (Å²) in [6.45, 7) is 6.06. The normalized spacial score (nSPS) is 10.1. The first-order chi connectivity index (χ1) is 8.56. The Balaban J connectivity index is 0.00000324. The van der Waals surface area contributed by atoms with Crippen molar-refractivity contribution in [1.82, 2.24) is 20.4 Å². The lowest BCUT2D eigenvalue weighted by Gasteiger charge is -2.07. The Morgan fingerprint density at radius 1 is 1.42 bits per heavy atom. The fourth-order valence-electron chi connectivity index (χ4n) is 1.70. The first-order valence-electron chi connectivity index (χ1n) is 6.01. The average molecular weight is 291 g/mol. The van der Waals surface area contributed by atoms with E-state index < -0.39 is 0 Å². The molecule has 0 unspecified atom stereocenters. The molecule has 0 bridgehead atoms. The molecule has 0 aliphatic heterocycles. The van der Waals surface area contributed by atoms with Gasteiger partial charge in [-0.25, -0.2) is 0 Å². The zero-order valence-electron chi connectivity index (χ0n) is 11.9. The number of carbonyl (C=O) groups excluding carboxylic acids is 1. The lowest BCUT2D eigenvalue weighted by Crippen LogP contribution is -2.35. The number of aromatic nitrogens is 2. The predicted molar refractivity (Wildman–Crippen MR) is 76.5 cm³/mol. The van der Waals surface area contributed by atoms with Gasteiger partial charge in [-0.2, -0.15) is 5.10 Å². The number of hydrogen-bond donors (Lipinski definition) is 2. The van der Waals surface area contributed by atoms with Crippen LogP contribution in [-0.2, 0) is 23.1 Å². The van der Waals surface area contributed by atoms with E-state index in [4.69, 9.17) is 4.74 Å². The van der Waals surface area contributed by atoms with Crippen LogP contribution in [0.2, 0.25) is 0 Å². The van der Waals surface area contributed by atoms with E-state index in [1.165, 1.54) is 0 Å². The Morgan fingerprint density at radius 3 is 2.63 bits per heavy atom. The minimum Gasteiger partial charge on any atom is -0.383 e. The van der Waals surface area contributed by atoms with Gasteiger partial charge in [0.05, 0.1) is 18.8 Å². The van der Waals surface area contributed by atoms with Gasteiger partial charge in [0.2, 0.25) is 5.91 Å². The van der Waals surface area contributed by atoms with Gasteiger partial charge in [-0.15, -0.1) is 12.4 Å². The van der Waals surface area contributed by atoms with E-state index in [2.05, 4.69) is 15.7 Å². The van der Waals surface area contributed by atoms with Crippen LogP contribution in [0.3, 0.4) is 0 Å². The summed E-state index contributed by atoms with van der Waals surface area (Å²) in [7, 11) is 3.54. The van der Waals surface area contributed by atoms with E-state index in [9.17, 15) is 4.79 Å². The van der Waals surface area contributed by atoms with Crippen molar-refractivity contribution in [3.63, 3.8) is 0 Å². The molecule has 1 aromatic heterocycles. The van der Waals surface area contributed by atoms with Crippen molar-refractivity contribution in [3.8, 4) is 0 Å². The van der Waals surface area contributed by atoms with E-state index in [0.717, 1.165) is 17.0 Å². The van der Waals surface area contributed by atoms with Crippen molar-refractivity contribution in [2.75, 3.05) is 26.8 Å². The van der Waals surface area contributed by atoms with Crippen molar-refractivity contribution in [1.29, 1.82) is 0 Å². The summed E-state index contributed by atoms with van der Waals surface area (Å²) >= 11 is 0. The number of ether oxygens (including phenoxy) is 1. The van der Waals surface area contributed by atoms with Gasteiger partial charge in [0.15, 0.2) is 0 Å². The van der Waals surface area contributed by atoms with Gasteiger partial charge < -0.3 is 15.4 Å². The van der Waals surface area contributed by atoms with Gasteiger partial charge in [0, 0.05) is 38.5 Å². The van der Waals surface area contributed by atoms with E-state index in [-0.39, 0.29) is 18.3 Å². The third-order valence-corrected chi connectivity index (χ3v) is 2.89. The molecule has 0 radical (unpaired) electrons. The van der Waals surface area contributed by atoms with Crippen LogP contribution in [0, 0.1) is 13.8 Å². The van der Waals surface area contributed by atoms with Crippen LogP contribution in [0.15, 0.2) is 0 Å². The summed E-state index contributed by atoms with van der Waals surface area (Å²) in [5.41, 5.74) is 3.13. The standard InChI is InChI=1S/C12H22N4O2.ClH/c1-9-11(10(2)16(3)15-9)7-14-12(17)8-13-5-6-18-4;/h13H,5-8H2,1-4H3,(H,14,17);1H. The maximum absolute atomic E-state index is 11.6. The Morgan fingerprint density at radius 2 is 2.11 bits per heavy atom. The van der Waals surface area contributed by atoms with Crippen molar-refractivity contribution in [2.24, 2.45) is 7.05 Å². The molecule has 19 heavy (non-hydrogen) atoms. The average Bonchev–Trinajstić information content (AvgIpc) is 2.57. The maximum Gasteiger partial charge on any atom is 0.234 e. The number of halogens is 1. The van der Waals surface area contributed by atoms with E-state index in [1.54, 1.807) is 7.11 Å². The molecule has 1 rings (SSSR count). The van der Waals surface area contributed by atoms with Crippen LogP contribution in [0.1, 0.15) is 17.0 Å². The summed E-state index contributed by atoms with van der Waals surface area (Å²) in [6.07, 6.45) is 0. The van der Waals surface area contributed by atoms with Crippen molar-refractivity contribution in [3.05, 3.63) is 17.0 Å². The molecular weight excluding hydrogens is 268 g/mol. The Labute approximate surface area is 120 Å². The molecule has 0 aliphatic rings. The van der Waals surface area contributed by atoms with Gasteiger partial charge in [0.1, 0.15) is 0 Å². The zero-order valence-corrected chi connectivity index (χ0v) is 12.8. The van der Waals surface area contributed by atoms with Gasteiger partial charge in [0.25, 0.3) is 0 Å². The van der Waals surface area contributed by atoms with Crippen LogP contribution < -0.4 is 10.6 Å². The molecule has 0 aromatic carbocycles. The fraction of sp³-hybridized carbons (Fsp3) is 0.667. The van der Waals surface area contributed by atoms with Crippen LogP contribution in [0.5, 0.6) is 0 Å². The van der Waals surface area contributed by atoms with E-state index >= 15 is 0 Å². The highest BCUT2D eigenvalue weighted by molar-refractivity contribution is 5.85. The topological polar surface area (TPSA) is 68.2 Å². The van der Waals surface area contributed by atoms with E-state index in [1.807, 2.05) is 25.6 Å². The van der Waals surface area contributed by atoms with Crippen LogP contribution in [0.25, 0.3) is 0 Å². The summed E-state index contributed by atoms with van der Waals surface area (Å²) < 4.78 is 6.71. The molecular formula is C12H23ClN4O2. The number of methoxy groups -OCH3 is 1. The minimum absolute atomic E-state index is 0. The molecule has 0 fully saturated rings. The molecule has 1 aromatic rings. The first kappa shape index (κ1) is 17.9. The van der Waals surface area contributed by atoms with E-state index in [0.29, 0.717) is 26.2 Å². The lowest BCUT2D eigenvalue weighted by atomic mass is 10.2. The van der Waals surface area contributed by atoms with Crippen LogP contribution in [-0.4, -0.2) is 42.5 Å². The van der Waals surface area contributed by atoms with Crippen molar-refractivity contribution >= 4 is 18.3 Å². The van der Waals surface area contributed by atoms with Gasteiger partial charge >= 0.3 is 0 Å². The second-order valence-corrected chi connectivity index (χ2v) is 4.22. The number of carbonyl (C=O) groups is 1. The number of nitrogens with one attached hydrogen (secondary N) is 2. The smallest absolute Gasteiger partial charge is 0.234 e. The highest BCUT2D eigenvalue weighted by Crippen LogP contribution is 2.10. The largest absolute Gasteiger partial charge is 0.383 e. The van der Waals surface area contributed by atoms with Crippen molar-refractivity contribution in [2.45, 2.75) is 20.4 Å². The Bertz CT molecular complexity index is 407. The number of rotatable bonds is 7. The SMILES string of the molecule is COCCNCC(=O)NCc1c(C)nn(C)c1C.Cl. The summed E-state index contributed by atoms with van der Waals surface area (Å²) in [5.74, 6) is -0.0197. The van der Waals surface area contributed by atoms with Gasteiger partial charge in [-0.1, -0.05) is 0 Å². The second kappa shape index (κ2) is 8.90. The molecule has 0 aliphatic carbocycles. The zero-order chi connectivity index (χ0) is 13.5. The van der Waals surface area contributed by atoms with Crippen LogP contribution >= 0.6 is 12.4 Å². The summed E-state index contributed by atoms with van der Waals surface area (Å²) in [6, 6.07) is 0. The Hall–Kier alpha value is -1.11. The molecule has 0 spiro atoms. The monoisotopic (exact) mass is 290 g/mol. The Kier molecular flexibility index (Phi) is 8.38. The molecule has 0 saturated carbocycles. The molecule has 1 heterocycles. The molecule has 6 nitrogen and oxygen atoms in total. The summed E-state index contributed by atoms with van der Waals surface area (Å²) in [5, 5.41) is 10.2. The summed E-state index contributed by atoms with van der Waals surface area (Å²) in [4.78, 5) is 11.6. The van der Waals surface area contributed by atoms with Gasteiger partial charge in [-0.05, 0) is 13.8 Å². The quantitative estimate of drug-likeness (QED) is 0.709. The molecule has 1 amide bonds. The highest BCUT2D eigenvalue weighted by Gasteiger charge is 2.10.